The van der Waals surface area contributed by atoms with Crippen LogP contribution in [0.4, 0.5) is 0 Å². The molecule has 4 fully saturated rings. The highest BCUT2D eigenvalue weighted by atomic mass is 32.2. The topological polar surface area (TPSA) is 86.1 Å². The number of esters is 1. The van der Waals surface area contributed by atoms with E-state index in [1.807, 2.05) is 0 Å². The predicted octanol–water partition coefficient (Wildman–Crippen LogP) is 2.53. The van der Waals surface area contributed by atoms with Gasteiger partial charge in [-0.25, -0.2) is 13.2 Å². The van der Waals surface area contributed by atoms with Crippen molar-refractivity contribution in [3.63, 3.8) is 0 Å². The molecule has 27 heavy (non-hydrogen) atoms. The van der Waals surface area contributed by atoms with Gasteiger partial charge in [0.05, 0.1) is 13.2 Å². The Labute approximate surface area is 160 Å². The molecule has 3 saturated carbocycles. The molecule has 2 heterocycles. The smallest absolute Gasteiger partial charge is 0.374 e. The van der Waals surface area contributed by atoms with Crippen molar-refractivity contribution in [1.82, 2.24) is 4.31 Å². The first kappa shape index (κ1) is 19.0. The Bertz CT molecular complexity index is 823. The number of ether oxygens (including phenoxy) is 2. The van der Waals surface area contributed by atoms with Crippen LogP contribution in [0.25, 0.3) is 0 Å². The molecular weight excluding hydrogens is 370 g/mol. The van der Waals surface area contributed by atoms with Crippen LogP contribution in [0.1, 0.15) is 44.2 Å². The number of nitrogens with zero attached hydrogens (tertiary/aromatic N) is 1. The number of rotatable bonds is 4. The van der Waals surface area contributed by atoms with E-state index in [0.29, 0.717) is 36.4 Å². The van der Waals surface area contributed by atoms with Crippen molar-refractivity contribution in [2.24, 2.45) is 23.2 Å². The largest absolute Gasteiger partial charge is 0.456 e. The molecule has 0 amide bonds. The second-order valence-corrected chi connectivity index (χ2v) is 10.4. The lowest BCUT2D eigenvalue weighted by Gasteiger charge is -2.61. The SMILES string of the molecule is C[C@H]1[C@@H](OC(=O)c2ccc(S(=O)(=O)N3CCOCC3)o2)C[C@H]2C[C@@H]1C2(C)C. The summed E-state index contributed by atoms with van der Waals surface area (Å²) in [6.45, 7) is 7.98. The van der Waals surface area contributed by atoms with Crippen molar-refractivity contribution in [1.29, 1.82) is 0 Å². The van der Waals surface area contributed by atoms with Gasteiger partial charge in [0.15, 0.2) is 0 Å². The molecule has 5 rings (SSSR count). The van der Waals surface area contributed by atoms with Crippen molar-refractivity contribution in [2.75, 3.05) is 26.3 Å². The highest BCUT2D eigenvalue weighted by molar-refractivity contribution is 7.89. The summed E-state index contributed by atoms with van der Waals surface area (Å²) in [7, 11) is -3.76. The minimum atomic E-state index is -3.76. The van der Waals surface area contributed by atoms with Crippen LogP contribution in [0, 0.1) is 23.2 Å². The Kier molecular flexibility index (Phi) is 4.63. The minimum Gasteiger partial charge on any atom is -0.456 e. The average Bonchev–Trinajstić information content (AvgIpc) is 3.14. The van der Waals surface area contributed by atoms with E-state index in [9.17, 15) is 13.2 Å². The number of fused-ring (bicyclic) bond motifs is 2. The molecular formula is C19H27NO6S. The zero-order valence-corrected chi connectivity index (χ0v) is 16.8. The number of morpholine rings is 1. The molecule has 150 valence electrons. The van der Waals surface area contributed by atoms with Crippen molar-refractivity contribution < 1.29 is 27.1 Å². The number of furan rings is 1. The molecule has 0 radical (unpaired) electrons. The molecule has 0 N–H and O–H groups in total. The molecule has 2 bridgehead atoms. The summed E-state index contributed by atoms with van der Waals surface area (Å²) in [4.78, 5) is 12.5. The van der Waals surface area contributed by atoms with Crippen LogP contribution in [-0.2, 0) is 19.5 Å². The van der Waals surface area contributed by atoms with Crippen LogP contribution in [-0.4, -0.2) is 51.1 Å². The van der Waals surface area contributed by atoms with Gasteiger partial charge in [-0.3, -0.25) is 0 Å². The summed E-state index contributed by atoms with van der Waals surface area (Å²) in [6.07, 6.45) is 1.92. The number of sulfonamides is 1. The molecule has 7 nitrogen and oxygen atoms in total. The number of hydrogen-bond donors (Lipinski definition) is 0. The monoisotopic (exact) mass is 397 g/mol. The maximum atomic E-state index is 12.6. The zero-order chi connectivity index (χ0) is 19.4. The van der Waals surface area contributed by atoms with Crippen molar-refractivity contribution in [3.8, 4) is 0 Å². The Morgan fingerprint density at radius 2 is 1.93 bits per heavy atom. The van der Waals surface area contributed by atoms with E-state index in [0.717, 1.165) is 6.42 Å². The molecule has 1 aromatic rings. The van der Waals surface area contributed by atoms with Gasteiger partial charge in [-0.2, -0.15) is 4.31 Å². The van der Waals surface area contributed by atoms with Gasteiger partial charge in [-0.1, -0.05) is 20.8 Å². The molecule has 4 aliphatic rings. The first-order valence-electron chi connectivity index (χ1n) is 9.60. The van der Waals surface area contributed by atoms with Crippen LogP contribution in [0.5, 0.6) is 0 Å². The van der Waals surface area contributed by atoms with Gasteiger partial charge in [-0.15, -0.1) is 0 Å². The van der Waals surface area contributed by atoms with Gasteiger partial charge >= 0.3 is 5.97 Å². The van der Waals surface area contributed by atoms with Crippen molar-refractivity contribution in [2.45, 2.75) is 44.8 Å². The predicted molar refractivity (Wildman–Crippen MR) is 96.6 cm³/mol. The second-order valence-electron chi connectivity index (χ2n) is 8.53. The maximum absolute atomic E-state index is 12.6. The summed E-state index contributed by atoms with van der Waals surface area (Å²) >= 11 is 0. The summed E-state index contributed by atoms with van der Waals surface area (Å²) in [5.41, 5.74) is 0.312. The van der Waals surface area contributed by atoms with E-state index in [-0.39, 0.29) is 30.0 Å². The molecule has 0 aromatic carbocycles. The third kappa shape index (κ3) is 3.11. The highest BCUT2D eigenvalue weighted by Gasteiger charge is 2.57. The first-order chi connectivity index (χ1) is 12.7. The van der Waals surface area contributed by atoms with Crippen molar-refractivity contribution >= 4 is 16.0 Å². The average molecular weight is 397 g/mol. The summed E-state index contributed by atoms with van der Waals surface area (Å²) in [5, 5.41) is -0.225. The lowest BCUT2D eigenvalue weighted by atomic mass is 9.45. The molecule has 3 aliphatic carbocycles. The van der Waals surface area contributed by atoms with Crippen LogP contribution >= 0.6 is 0 Å². The normalized spacial score (nSPS) is 33.3. The fraction of sp³-hybridized carbons (Fsp3) is 0.737. The van der Waals surface area contributed by atoms with Crippen LogP contribution in [0.15, 0.2) is 21.6 Å². The maximum Gasteiger partial charge on any atom is 0.374 e. The lowest BCUT2D eigenvalue weighted by Crippen LogP contribution is -2.57. The van der Waals surface area contributed by atoms with E-state index in [1.165, 1.54) is 22.9 Å². The fourth-order valence-electron chi connectivity index (χ4n) is 4.94. The zero-order valence-electron chi connectivity index (χ0n) is 16.0. The molecule has 8 heteroatoms. The van der Waals surface area contributed by atoms with E-state index >= 15 is 0 Å². The van der Waals surface area contributed by atoms with Gasteiger partial charge in [0, 0.05) is 13.1 Å². The molecule has 4 atom stereocenters. The van der Waals surface area contributed by atoms with Crippen LogP contribution < -0.4 is 0 Å². The molecule has 1 aromatic heterocycles. The summed E-state index contributed by atoms with van der Waals surface area (Å²) < 4.78 is 42.8. The Morgan fingerprint density at radius 3 is 2.56 bits per heavy atom. The molecule has 0 spiro atoms. The van der Waals surface area contributed by atoms with Gasteiger partial charge < -0.3 is 13.9 Å². The van der Waals surface area contributed by atoms with Gasteiger partial charge in [0.25, 0.3) is 10.0 Å². The second kappa shape index (κ2) is 6.60. The van der Waals surface area contributed by atoms with Gasteiger partial charge in [0.1, 0.15) is 6.10 Å². The van der Waals surface area contributed by atoms with Gasteiger partial charge in [-0.05, 0) is 48.1 Å². The minimum absolute atomic E-state index is 0.0625. The van der Waals surface area contributed by atoms with E-state index in [2.05, 4.69) is 20.8 Å². The number of hydrogen-bond acceptors (Lipinski definition) is 6. The summed E-state index contributed by atoms with van der Waals surface area (Å²) in [5.74, 6) is 0.774. The van der Waals surface area contributed by atoms with Crippen LogP contribution in [0.2, 0.25) is 0 Å². The van der Waals surface area contributed by atoms with Crippen molar-refractivity contribution in [3.05, 3.63) is 17.9 Å². The molecule has 1 saturated heterocycles. The van der Waals surface area contributed by atoms with E-state index in [4.69, 9.17) is 13.9 Å². The highest BCUT2D eigenvalue weighted by Crippen LogP contribution is 2.61. The fourth-order valence-corrected chi connectivity index (χ4v) is 6.26. The number of carbonyl (C=O) groups is 1. The third-order valence-electron chi connectivity index (χ3n) is 6.89. The Morgan fingerprint density at radius 1 is 1.22 bits per heavy atom. The van der Waals surface area contributed by atoms with Crippen LogP contribution in [0.3, 0.4) is 0 Å². The molecule has 1 aliphatic heterocycles. The standard InChI is InChI=1S/C19H27NO6S/c1-12-14-10-13(19(14,2)3)11-16(12)26-18(21)15-4-5-17(25-15)27(22,23)20-6-8-24-9-7-20/h4-5,12-14,16H,6-11H2,1-3H3/t12-,13-,14+,16+/m1/s1. The Hall–Kier alpha value is -1.38. The van der Waals surface area contributed by atoms with E-state index in [1.54, 1.807) is 0 Å². The number of carbonyl (C=O) groups excluding carboxylic acids is 1. The Balaban J connectivity index is 1.44. The van der Waals surface area contributed by atoms with E-state index < -0.39 is 16.0 Å². The first-order valence-corrected chi connectivity index (χ1v) is 11.0. The van der Waals surface area contributed by atoms with Gasteiger partial charge in [0.2, 0.25) is 10.9 Å². The third-order valence-corrected chi connectivity index (χ3v) is 8.66. The quantitative estimate of drug-likeness (QED) is 0.726. The summed E-state index contributed by atoms with van der Waals surface area (Å²) in [6, 6.07) is 2.71. The lowest BCUT2D eigenvalue weighted by molar-refractivity contribution is -0.157. The molecule has 0 unspecified atom stereocenters.